The SMILES string of the molecule is Cc1ccc(-n2ncc(CO)c2C(F)(F)F)c(C)c1. The molecule has 19 heavy (non-hydrogen) atoms. The van der Waals surface area contributed by atoms with E-state index in [4.69, 9.17) is 5.11 Å². The van der Waals surface area contributed by atoms with Crippen LogP contribution in [0.3, 0.4) is 0 Å². The molecule has 0 aliphatic carbocycles. The molecular formula is C13H13F3N2O. The smallest absolute Gasteiger partial charge is 0.392 e. The second kappa shape index (κ2) is 4.70. The molecule has 0 saturated heterocycles. The molecule has 0 atom stereocenters. The molecular weight excluding hydrogens is 257 g/mol. The van der Waals surface area contributed by atoms with Crippen molar-refractivity contribution >= 4 is 0 Å². The monoisotopic (exact) mass is 270 g/mol. The number of nitrogens with zero attached hydrogens (tertiary/aromatic N) is 2. The van der Waals surface area contributed by atoms with Crippen molar-refractivity contribution in [2.24, 2.45) is 0 Å². The Labute approximate surface area is 108 Å². The van der Waals surface area contributed by atoms with Gasteiger partial charge in [0.25, 0.3) is 0 Å². The zero-order chi connectivity index (χ0) is 14.2. The van der Waals surface area contributed by atoms with Gasteiger partial charge in [0.05, 0.1) is 18.5 Å². The van der Waals surface area contributed by atoms with E-state index < -0.39 is 18.5 Å². The van der Waals surface area contributed by atoms with Gasteiger partial charge in [-0.25, -0.2) is 4.68 Å². The van der Waals surface area contributed by atoms with Gasteiger partial charge < -0.3 is 5.11 Å². The summed E-state index contributed by atoms with van der Waals surface area (Å²) in [6.45, 7) is 2.90. The minimum absolute atomic E-state index is 0.229. The minimum Gasteiger partial charge on any atom is -0.392 e. The zero-order valence-corrected chi connectivity index (χ0v) is 10.5. The molecule has 1 heterocycles. The second-order valence-corrected chi connectivity index (χ2v) is 4.38. The van der Waals surface area contributed by atoms with Crippen LogP contribution in [0.4, 0.5) is 13.2 Å². The van der Waals surface area contributed by atoms with Crippen molar-refractivity contribution in [3.05, 3.63) is 46.8 Å². The number of hydrogen-bond acceptors (Lipinski definition) is 2. The summed E-state index contributed by atoms with van der Waals surface area (Å²) in [4.78, 5) is 0. The minimum atomic E-state index is -4.56. The van der Waals surface area contributed by atoms with Crippen LogP contribution >= 0.6 is 0 Å². The van der Waals surface area contributed by atoms with Crippen LogP contribution < -0.4 is 0 Å². The lowest BCUT2D eigenvalue weighted by Crippen LogP contribution is -2.16. The molecule has 0 unspecified atom stereocenters. The van der Waals surface area contributed by atoms with Gasteiger partial charge in [-0.05, 0) is 25.5 Å². The van der Waals surface area contributed by atoms with Crippen LogP contribution in [0.15, 0.2) is 24.4 Å². The molecule has 0 saturated carbocycles. The van der Waals surface area contributed by atoms with E-state index in [9.17, 15) is 13.2 Å². The van der Waals surface area contributed by atoms with E-state index in [1.54, 1.807) is 25.1 Å². The van der Waals surface area contributed by atoms with Gasteiger partial charge >= 0.3 is 6.18 Å². The first-order valence-corrected chi connectivity index (χ1v) is 5.67. The molecule has 1 N–H and O–H groups in total. The molecule has 0 bridgehead atoms. The van der Waals surface area contributed by atoms with E-state index >= 15 is 0 Å². The summed E-state index contributed by atoms with van der Waals surface area (Å²) < 4.78 is 40.0. The highest BCUT2D eigenvalue weighted by atomic mass is 19.4. The maximum atomic E-state index is 13.1. The Kier molecular flexibility index (Phi) is 3.36. The van der Waals surface area contributed by atoms with E-state index in [-0.39, 0.29) is 5.56 Å². The molecule has 2 rings (SSSR count). The normalized spacial score (nSPS) is 11.9. The second-order valence-electron chi connectivity index (χ2n) is 4.38. The van der Waals surface area contributed by atoms with Crippen LogP contribution in [0.5, 0.6) is 0 Å². The predicted octanol–water partition coefficient (Wildman–Crippen LogP) is 3.00. The van der Waals surface area contributed by atoms with E-state index in [1.807, 2.05) is 6.92 Å². The molecule has 102 valence electrons. The Morgan fingerprint density at radius 1 is 1.26 bits per heavy atom. The number of hydrogen-bond donors (Lipinski definition) is 1. The summed E-state index contributed by atoms with van der Waals surface area (Å²) in [6.07, 6.45) is -3.52. The summed E-state index contributed by atoms with van der Waals surface area (Å²) in [5.41, 5.74) is 0.856. The largest absolute Gasteiger partial charge is 0.433 e. The fourth-order valence-electron chi connectivity index (χ4n) is 2.03. The molecule has 0 spiro atoms. The lowest BCUT2D eigenvalue weighted by Gasteiger charge is -2.14. The predicted molar refractivity (Wildman–Crippen MR) is 64.0 cm³/mol. The van der Waals surface area contributed by atoms with E-state index in [2.05, 4.69) is 5.10 Å². The molecule has 0 aliphatic heterocycles. The maximum absolute atomic E-state index is 13.1. The van der Waals surface area contributed by atoms with Crippen molar-refractivity contribution in [3.63, 3.8) is 0 Å². The van der Waals surface area contributed by atoms with Crippen molar-refractivity contribution in [2.45, 2.75) is 26.6 Å². The van der Waals surface area contributed by atoms with Gasteiger partial charge in [-0.15, -0.1) is 0 Å². The number of halogens is 3. The third-order valence-electron chi connectivity index (χ3n) is 2.86. The number of aryl methyl sites for hydroxylation is 2. The number of benzene rings is 1. The Balaban J connectivity index is 2.66. The maximum Gasteiger partial charge on any atom is 0.433 e. The molecule has 1 aromatic heterocycles. The highest BCUT2D eigenvalue weighted by molar-refractivity contribution is 5.44. The third-order valence-corrected chi connectivity index (χ3v) is 2.86. The van der Waals surface area contributed by atoms with E-state index in [1.165, 1.54) is 0 Å². The molecule has 1 aromatic carbocycles. The Morgan fingerprint density at radius 2 is 1.95 bits per heavy atom. The molecule has 0 radical (unpaired) electrons. The van der Waals surface area contributed by atoms with Crippen molar-refractivity contribution in [1.82, 2.24) is 9.78 Å². The Bertz CT molecular complexity index is 602. The van der Waals surface area contributed by atoms with Crippen LogP contribution in [0.1, 0.15) is 22.4 Å². The van der Waals surface area contributed by atoms with Gasteiger partial charge in [0.2, 0.25) is 0 Å². The Hall–Kier alpha value is -1.82. The number of aromatic nitrogens is 2. The zero-order valence-electron chi connectivity index (χ0n) is 10.5. The van der Waals surface area contributed by atoms with Gasteiger partial charge in [-0.2, -0.15) is 18.3 Å². The lowest BCUT2D eigenvalue weighted by atomic mass is 10.1. The van der Waals surface area contributed by atoms with Gasteiger partial charge in [-0.3, -0.25) is 0 Å². The molecule has 0 amide bonds. The number of aliphatic hydroxyl groups is 1. The summed E-state index contributed by atoms with van der Waals surface area (Å²) in [6, 6.07) is 5.10. The first-order valence-electron chi connectivity index (χ1n) is 5.67. The number of aliphatic hydroxyl groups excluding tert-OH is 1. The summed E-state index contributed by atoms with van der Waals surface area (Å²) in [5.74, 6) is 0. The Morgan fingerprint density at radius 3 is 2.47 bits per heavy atom. The van der Waals surface area contributed by atoms with Crippen molar-refractivity contribution in [1.29, 1.82) is 0 Å². The molecule has 2 aromatic rings. The van der Waals surface area contributed by atoms with E-state index in [0.29, 0.717) is 11.3 Å². The lowest BCUT2D eigenvalue weighted by molar-refractivity contribution is -0.143. The third kappa shape index (κ3) is 2.49. The van der Waals surface area contributed by atoms with Gasteiger partial charge in [0.15, 0.2) is 5.69 Å². The highest BCUT2D eigenvalue weighted by Crippen LogP contribution is 2.34. The average molecular weight is 270 g/mol. The standard InChI is InChI=1S/C13H13F3N2O/c1-8-3-4-11(9(2)5-8)18-12(13(14,15)16)10(7-19)6-17-18/h3-6,19H,7H2,1-2H3. The van der Waals surface area contributed by atoms with Gasteiger partial charge in [0, 0.05) is 5.56 Å². The van der Waals surface area contributed by atoms with Crippen LogP contribution in [0, 0.1) is 13.8 Å². The van der Waals surface area contributed by atoms with Crippen molar-refractivity contribution < 1.29 is 18.3 Å². The summed E-state index contributed by atoms with van der Waals surface area (Å²) >= 11 is 0. The number of alkyl halides is 3. The van der Waals surface area contributed by atoms with Crippen LogP contribution in [0.2, 0.25) is 0 Å². The average Bonchev–Trinajstić information content (AvgIpc) is 2.72. The van der Waals surface area contributed by atoms with Gasteiger partial charge in [0.1, 0.15) is 0 Å². The molecule has 6 heteroatoms. The van der Waals surface area contributed by atoms with Crippen LogP contribution in [0.25, 0.3) is 5.69 Å². The first-order chi connectivity index (χ1) is 8.84. The van der Waals surface area contributed by atoms with Crippen molar-refractivity contribution in [2.75, 3.05) is 0 Å². The summed E-state index contributed by atoms with van der Waals surface area (Å²) in [7, 11) is 0. The fourth-order valence-corrected chi connectivity index (χ4v) is 2.03. The van der Waals surface area contributed by atoms with Gasteiger partial charge in [-0.1, -0.05) is 17.7 Å². The van der Waals surface area contributed by atoms with Crippen molar-refractivity contribution in [3.8, 4) is 5.69 Å². The molecule has 3 nitrogen and oxygen atoms in total. The van der Waals surface area contributed by atoms with Crippen LogP contribution in [-0.4, -0.2) is 14.9 Å². The molecule has 0 aliphatic rings. The highest BCUT2D eigenvalue weighted by Gasteiger charge is 2.38. The van der Waals surface area contributed by atoms with Crippen LogP contribution in [-0.2, 0) is 12.8 Å². The fraction of sp³-hybridized carbons (Fsp3) is 0.308. The first kappa shape index (κ1) is 13.6. The summed E-state index contributed by atoms with van der Waals surface area (Å²) in [5, 5.41) is 12.8. The topological polar surface area (TPSA) is 38.0 Å². The number of rotatable bonds is 2. The quantitative estimate of drug-likeness (QED) is 0.911. The molecule has 0 fully saturated rings. The van der Waals surface area contributed by atoms with E-state index in [0.717, 1.165) is 16.4 Å².